The van der Waals surface area contributed by atoms with Gasteiger partial charge in [0.1, 0.15) is 11.6 Å². The smallest absolute Gasteiger partial charge is 0.443 e. The van der Waals surface area contributed by atoms with Gasteiger partial charge in [0.05, 0.1) is 35.2 Å². The number of carbonyl (C=O) groups is 4. The zero-order valence-corrected chi connectivity index (χ0v) is 41.6. The van der Waals surface area contributed by atoms with Crippen LogP contribution in [0.3, 0.4) is 0 Å². The van der Waals surface area contributed by atoms with Gasteiger partial charge in [0.2, 0.25) is 17.7 Å². The molecule has 5 amide bonds. The quantitative estimate of drug-likeness (QED) is 0.0924. The Morgan fingerprint density at radius 3 is 2.42 bits per heavy atom. The topological polar surface area (TPSA) is 164 Å². The number of benzene rings is 4. The minimum Gasteiger partial charge on any atom is -0.494 e. The molecule has 1 saturated carbocycles. The van der Waals surface area contributed by atoms with Gasteiger partial charge in [0.15, 0.2) is 17.4 Å². The molecule has 362 valence electrons. The van der Waals surface area contributed by atoms with Crippen molar-refractivity contribution in [3.05, 3.63) is 106 Å². The van der Waals surface area contributed by atoms with E-state index in [9.17, 15) is 19.2 Å². The largest absolute Gasteiger partial charge is 0.494 e. The number of nitrogens with zero attached hydrogens (tertiary/aromatic N) is 5. The summed E-state index contributed by atoms with van der Waals surface area (Å²) in [5.41, 5.74) is 8.99. The van der Waals surface area contributed by atoms with E-state index in [4.69, 9.17) is 31.9 Å². The molecule has 0 bridgehead atoms. The Morgan fingerprint density at radius 2 is 1.72 bits per heavy atom. The van der Waals surface area contributed by atoms with E-state index in [1.165, 1.54) is 30.9 Å². The fraction of sp³-hybridized carbons (Fsp3) is 0.431. The predicted molar refractivity (Wildman–Crippen MR) is 253 cm³/mol. The number of aryl methyl sites for hydroxylation is 1. The first-order valence-electron chi connectivity index (χ1n) is 23.7. The maximum atomic E-state index is 16.2. The van der Waals surface area contributed by atoms with Crippen LogP contribution in [0.25, 0.3) is 22.0 Å². The number of aromatic nitrogens is 2. The van der Waals surface area contributed by atoms with Crippen molar-refractivity contribution >= 4 is 52.1 Å². The molecular formula is C51H55ClF2IN8O6+. The van der Waals surface area contributed by atoms with Gasteiger partial charge in [-0.05, 0) is 88.2 Å². The first kappa shape index (κ1) is 47.3. The number of methoxy groups -OCH3 is 1. The standard InChI is InChI=1S/C51H54ClF2IN8O6/c1-28-41-39(24-37(53)44(52)43(41)42-35(47(56)65)16-17-38(68-3)45(42)54)69-51(28,32-8-5-4-6-9-32)55-58-33-14-12-31(13-15-33)49(66)62-26-29(27-62)25-61-21-18-30(19-22-61)34-10-7-11-36-46(34)60(2)59-48(36)63-23-20-40(64)57-50(63)67/h4-11,16-17,24,28-31,33,58H,12-15,18-23,25-27H2,1-3H3,(H2-,56,57,64,65,67)/p+1/t28-,31?,33?,51-/m0/s1. The van der Waals surface area contributed by atoms with Crippen molar-refractivity contribution in [1.29, 1.82) is 0 Å². The predicted octanol–water partition coefficient (Wildman–Crippen LogP) is 4.57. The number of amides is 5. The molecule has 5 heterocycles. The number of nitrogens with one attached hydrogen (secondary N) is 2. The number of urea groups is 1. The highest BCUT2D eigenvalue weighted by Gasteiger charge is 2.61. The zero-order chi connectivity index (χ0) is 48.3. The van der Waals surface area contributed by atoms with Crippen LogP contribution in [0.4, 0.5) is 19.4 Å². The third-order valence-corrected chi connectivity index (χ3v) is 19.0. The number of primary amides is 1. The van der Waals surface area contributed by atoms with Gasteiger partial charge in [0, 0.05) is 85.2 Å². The molecule has 1 aromatic heterocycles. The lowest BCUT2D eigenvalue weighted by molar-refractivity contribution is -0.821. The van der Waals surface area contributed by atoms with Crippen LogP contribution in [0.5, 0.6) is 11.5 Å². The Balaban J connectivity index is 0.743. The molecule has 5 aliphatic rings. The molecule has 3 saturated heterocycles. The van der Waals surface area contributed by atoms with E-state index < -0.39 is 54.6 Å². The lowest BCUT2D eigenvalue weighted by atomic mass is 9.84. The first-order valence-corrected chi connectivity index (χ1v) is 26.2. The van der Waals surface area contributed by atoms with Crippen molar-refractivity contribution in [3.8, 4) is 22.6 Å². The van der Waals surface area contributed by atoms with E-state index in [1.807, 2.05) is 66.0 Å². The lowest BCUT2D eigenvalue weighted by Crippen LogP contribution is -3.73. The van der Waals surface area contributed by atoms with Gasteiger partial charge in [-0.15, -0.1) is 3.53 Å². The minimum absolute atomic E-state index is 0.0150. The number of imide groups is 1. The van der Waals surface area contributed by atoms with Crippen LogP contribution >= 0.6 is 11.6 Å². The van der Waals surface area contributed by atoms with Crippen LogP contribution in [-0.4, -0.2) is 95.8 Å². The fourth-order valence-corrected chi connectivity index (χ4v) is 14.8. The third-order valence-electron chi connectivity index (χ3n) is 14.9. The van der Waals surface area contributed by atoms with E-state index in [1.54, 1.807) is 4.90 Å². The van der Waals surface area contributed by atoms with Crippen molar-refractivity contribution in [2.75, 3.05) is 51.3 Å². The maximum absolute atomic E-state index is 16.2. The van der Waals surface area contributed by atoms with Crippen LogP contribution in [0.1, 0.15) is 90.8 Å². The van der Waals surface area contributed by atoms with Crippen LogP contribution in [0.2, 0.25) is 5.02 Å². The van der Waals surface area contributed by atoms with Gasteiger partial charge >= 0.3 is 31.1 Å². The molecule has 69 heavy (non-hydrogen) atoms. The summed E-state index contributed by atoms with van der Waals surface area (Å²) in [6.45, 7) is 6.72. The molecule has 2 atom stereocenters. The number of hydrogen-bond donors (Lipinski definition) is 3. The summed E-state index contributed by atoms with van der Waals surface area (Å²) in [4.78, 5) is 57.1. The molecule has 10 rings (SSSR count). The molecular weight excluding hydrogens is 1020 g/mol. The zero-order valence-electron chi connectivity index (χ0n) is 38.7. The molecule has 1 aliphatic carbocycles. The number of anilines is 1. The SMILES string of the molecule is COc1ccc(C(N)=O)c(-c2c(Cl)c(F)cc3c2[C@H](C)[C@@]([I+]NC2CCC(C(=O)N4CC(CN5CCC(c6cccc7c(N8CCC(=O)NC8=O)nn(C)c67)CC5)C4)CC2)(c2ccccc2)O3)c1F. The molecule has 4 aromatic carbocycles. The second-order valence-corrected chi connectivity index (χ2v) is 22.2. The number of halogens is 4. The van der Waals surface area contributed by atoms with Crippen molar-refractivity contribution in [1.82, 2.24) is 28.4 Å². The average molecular weight is 1080 g/mol. The normalized spacial score (nSPS) is 23.4. The van der Waals surface area contributed by atoms with Crippen LogP contribution in [-0.2, 0) is 20.2 Å². The summed E-state index contributed by atoms with van der Waals surface area (Å²) in [5.74, 6) is -1.65. The summed E-state index contributed by atoms with van der Waals surface area (Å²) < 4.78 is 48.9. The molecule has 4 fully saturated rings. The van der Waals surface area contributed by atoms with Crippen molar-refractivity contribution in [3.63, 3.8) is 0 Å². The van der Waals surface area contributed by atoms with E-state index in [-0.39, 0.29) is 63.4 Å². The Bertz CT molecular complexity index is 2850. The summed E-state index contributed by atoms with van der Waals surface area (Å²) in [6.07, 6.45) is 5.44. The van der Waals surface area contributed by atoms with E-state index in [0.717, 1.165) is 87.7 Å². The number of piperidine rings is 1. The molecule has 18 heteroatoms. The first-order chi connectivity index (χ1) is 33.3. The molecule has 4 N–H and O–H groups in total. The van der Waals surface area contributed by atoms with Crippen molar-refractivity contribution in [2.24, 2.45) is 24.6 Å². The highest BCUT2D eigenvalue weighted by Crippen LogP contribution is 2.54. The fourth-order valence-electron chi connectivity index (χ4n) is 11.3. The summed E-state index contributed by atoms with van der Waals surface area (Å²) in [7, 11) is 3.22. The minimum atomic E-state index is -1.06. The van der Waals surface area contributed by atoms with Gasteiger partial charge in [-0.3, -0.25) is 29.3 Å². The monoisotopic (exact) mass is 1080 g/mol. The number of likely N-dealkylation sites (tertiary alicyclic amines) is 2. The summed E-state index contributed by atoms with van der Waals surface area (Å²) in [5, 5.41) is 7.71. The number of nitrogens with two attached hydrogens (primary N) is 1. The number of para-hydroxylation sites is 1. The van der Waals surface area contributed by atoms with E-state index >= 15 is 8.78 Å². The molecule has 4 aliphatic heterocycles. The Kier molecular flexibility index (Phi) is 13.1. The molecule has 14 nitrogen and oxygen atoms in total. The second kappa shape index (κ2) is 19.1. The Hall–Kier alpha value is -5.37. The number of ether oxygens (including phenoxy) is 2. The second-order valence-electron chi connectivity index (χ2n) is 19.0. The highest BCUT2D eigenvalue weighted by molar-refractivity contribution is 6.34. The number of carbonyl (C=O) groups excluding carboxylic acids is 4. The average Bonchev–Trinajstić information content (AvgIpc) is 3.82. The van der Waals surface area contributed by atoms with E-state index in [0.29, 0.717) is 29.8 Å². The van der Waals surface area contributed by atoms with Crippen molar-refractivity contribution in [2.45, 2.75) is 73.4 Å². The highest BCUT2D eigenvalue weighted by atomic mass is 127. The van der Waals surface area contributed by atoms with Gasteiger partial charge in [-0.2, -0.15) is 5.10 Å². The van der Waals surface area contributed by atoms with Crippen LogP contribution in [0, 0.1) is 23.5 Å². The molecule has 0 unspecified atom stereocenters. The summed E-state index contributed by atoms with van der Waals surface area (Å²) in [6, 6.07) is 19.5. The van der Waals surface area contributed by atoms with Crippen molar-refractivity contribution < 1.29 is 58.9 Å². The maximum Gasteiger partial charge on any atom is 0.443 e. The summed E-state index contributed by atoms with van der Waals surface area (Å²) >= 11 is 5.65. The number of hydrogen-bond acceptors (Lipinski definition) is 9. The van der Waals surface area contributed by atoms with Crippen LogP contribution < -0.4 is 50.4 Å². The van der Waals surface area contributed by atoms with Gasteiger partial charge in [-0.1, -0.05) is 54.1 Å². The molecule has 0 spiro atoms. The Labute approximate surface area is 414 Å². The van der Waals surface area contributed by atoms with E-state index in [2.05, 4.69) is 19.8 Å². The van der Waals surface area contributed by atoms with Crippen LogP contribution in [0.15, 0.2) is 66.7 Å². The number of rotatable bonds is 12. The lowest BCUT2D eigenvalue weighted by Gasteiger charge is -2.45. The third kappa shape index (κ3) is 8.60. The molecule has 5 aromatic rings. The van der Waals surface area contributed by atoms with Gasteiger partial charge in [0.25, 0.3) is 0 Å². The van der Waals surface area contributed by atoms with Gasteiger partial charge in [-0.25, -0.2) is 13.6 Å². The number of alkyl halides is 1. The van der Waals surface area contributed by atoms with Gasteiger partial charge < -0.3 is 25.0 Å². The number of fused-ring (bicyclic) bond motifs is 2. The Morgan fingerprint density at radius 1 is 0.986 bits per heavy atom. The molecule has 0 radical (unpaired) electrons.